The Bertz CT molecular complexity index is 725. The minimum absolute atomic E-state index is 0.219. The summed E-state index contributed by atoms with van der Waals surface area (Å²) in [5.41, 5.74) is 2.29. The molecule has 2 N–H and O–H groups in total. The molecule has 1 aliphatic rings. The van der Waals surface area contributed by atoms with Gasteiger partial charge in [-0.2, -0.15) is 0 Å². The number of piperidine rings is 1. The first-order valence-corrected chi connectivity index (χ1v) is 7.94. The fourth-order valence-electron chi connectivity index (χ4n) is 2.86. The maximum Gasteiger partial charge on any atom is 0.321 e. The van der Waals surface area contributed by atoms with Gasteiger partial charge in [-0.1, -0.05) is 30.3 Å². The predicted molar refractivity (Wildman–Crippen MR) is 90.6 cm³/mol. The lowest BCUT2D eigenvalue weighted by Gasteiger charge is -2.30. The van der Waals surface area contributed by atoms with E-state index in [4.69, 9.17) is 5.11 Å². The number of hydrogen-bond donors (Lipinski definition) is 2. The van der Waals surface area contributed by atoms with E-state index in [-0.39, 0.29) is 11.9 Å². The standard InChI is InChI=1S/C18H19N3O3/c22-17(23)14-8-11-21(12-9-14)18(24)20-15-7-4-10-19-16(15)13-5-2-1-3-6-13/h1-7,10,14H,8-9,11-12H2,(H,20,24)(H,22,23). The van der Waals surface area contributed by atoms with E-state index in [0.717, 1.165) is 5.56 Å². The molecule has 0 radical (unpaired) electrons. The van der Waals surface area contributed by atoms with Crippen LogP contribution in [0.4, 0.5) is 10.5 Å². The van der Waals surface area contributed by atoms with Crippen LogP contribution >= 0.6 is 0 Å². The Labute approximate surface area is 140 Å². The van der Waals surface area contributed by atoms with E-state index in [2.05, 4.69) is 10.3 Å². The number of carbonyl (C=O) groups excluding carboxylic acids is 1. The molecule has 6 heteroatoms. The number of likely N-dealkylation sites (tertiary alicyclic amines) is 1. The van der Waals surface area contributed by atoms with Gasteiger partial charge in [-0.25, -0.2) is 4.79 Å². The number of benzene rings is 1. The lowest BCUT2D eigenvalue weighted by atomic mass is 9.97. The first-order chi connectivity index (χ1) is 11.6. The number of anilines is 1. The highest BCUT2D eigenvalue weighted by Gasteiger charge is 2.27. The van der Waals surface area contributed by atoms with Gasteiger partial charge in [0.25, 0.3) is 0 Å². The molecule has 0 saturated carbocycles. The highest BCUT2D eigenvalue weighted by molar-refractivity contribution is 5.93. The molecule has 0 aliphatic carbocycles. The normalized spacial score (nSPS) is 15.1. The number of aromatic nitrogens is 1. The maximum atomic E-state index is 12.5. The van der Waals surface area contributed by atoms with Gasteiger partial charge in [-0.15, -0.1) is 0 Å². The van der Waals surface area contributed by atoms with E-state index < -0.39 is 5.97 Å². The van der Waals surface area contributed by atoms with Gasteiger partial charge in [-0.05, 0) is 25.0 Å². The molecule has 6 nitrogen and oxygen atoms in total. The van der Waals surface area contributed by atoms with E-state index in [9.17, 15) is 9.59 Å². The van der Waals surface area contributed by atoms with Crippen molar-refractivity contribution in [3.8, 4) is 11.3 Å². The van der Waals surface area contributed by atoms with Crippen LogP contribution in [-0.4, -0.2) is 40.1 Å². The van der Waals surface area contributed by atoms with Gasteiger partial charge < -0.3 is 15.3 Å². The molecule has 0 unspecified atom stereocenters. The van der Waals surface area contributed by atoms with Crippen molar-refractivity contribution in [3.05, 3.63) is 48.7 Å². The number of hydrogen-bond acceptors (Lipinski definition) is 3. The minimum Gasteiger partial charge on any atom is -0.481 e. The monoisotopic (exact) mass is 325 g/mol. The zero-order valence-corrected chi connectivity index (χ0v) is 13.2. The van der Waals surface area contributed by atoms with E-state index in [1.54, 1.807) is 17.2 Å². The number of nitrogens with zero attached hydrogens (tertiary/aromatic N) is 2. The molecule has 1 aliphatic heterocycles. The van der Waals surface area contributed by atoms with Crippen molar-refractivity contribution >= 4 is 17.7 Å². The summed E-state index contributed by atoms with van der Waals surface area (Å²) in [5.74, 6) is -1.14. The summed E-state index contributed by atoms with van der Waals surface area (Å²) < 4.78 is 0. The van der Waals surface area contributed by atoms with Crippen LogP contribution in [0.25, 0.3) is 11.3 Å². The summed E-state index contributed by atoms with van der Waals surface area (Å²) in [6.45, 7) is 0.896. The molecule has 24 heavy (non-hydrogen) atoms. The Kier molecular flexibility index (Phi) is 4.74. The van der Waals surface area contributed by atoms with Crippen LogP contribution in [-0.2, 0) is 4.79 Å². The van der Waals surface area contributed by atoms with Gasteiger partial charge in [0.15, 0.2) is 0 Å². The fraction of sp³-hybridized carbons (Fsp3) is 0.278. The number of pyridine rings is 1. The van der Waals surface area contributed by atoms with Gasteiger partial charge >= 0.3 is 12.0 Å². The quantitative estimate of drug-likeness (QED) is 0.908. The van der Waals surface area contributed by atoms with Crippen molar-refractivity contribution in [1.29, 1.82) is 0 Å². The zero-order valence-electron chi connectivity index (χ0n) is 13.2. The first-order valence-electron chi connectivity index (χ1n) is 7.94. The average Bonchev–Trinajstić information content (AvgIpc) is 2.63. The lowest BCUT2D eigenvalue weighted by molar-refractivity contribution is -0.143. The molecule has 0 atom stereocenters. The number of aliphatic carboxylic acids is 1. The molecule has 124 valence electrons. The Morgan fingerprint density at radius 3 is 2.46 bits per heavy atom. The molecule has 1 fully saturated rings. The summed E-state index contributed by atoms with van der Waals surface area (Å²) in [7, 11) is 0. The number of rotatable bonds is 3. The number of amides is 2. The van der Waals surface area contributed by atoms with Crippen LogP contribution in [0, 0.1) is 5.92 Å². The molecular weight excluding hydrogens is 306 g/mol. The largest absolute Gasteiger partial charge is 0.481 e. The topological polar surface area (TPSA) is 82.5 Å². The van der Waals surface area contributed by atoms with Gasteiger partial charge in [0.2, 0.25) is 0 Å². The molecule has 1 aromatic heterocycles. The Morgan fingerprint density at radius 1 is 1.08 bits per heavy atom. The molecule has 0 bridgehead atoms. The number of nitrogens with one attached hydrogen (secondary N) is 1. The van der Waals surface area contributed by atoms with Crippen LogP contribution in [0.15, 0.2) is 48.7 Å². The molecule has 2 heterocycles. The second-order valence-corrected chi connectivity index (χ2v) is 5.80. The van der Waals surface area contributed by atoms with Gasteiger partial charge in [0.05, 0.1) is 17.3 Å². The van der Waals surface area contributed by atoms with Crippen molar-refractivity contribution in [2.75, 3.05) is 18.4 Å². The van der Waals surface area contributed by atoms with Gasteiger partial charge in [-0.3, -0.25) is 9.78 Å². The second kappa shape index (κ2) is 7.12. The molecular formula is C18H19N3O3. The Morgan fingerprint density at radius 2 is 1.79 bits per heavy atom. The third-order valence-corrected chi connectivity index (χ3v) is 4.23. The Hall–Kier alpha value is -2.89. The highest BCUT2D eigenvalue weighted by Crippen LogP contribution is 2.26. The van der Waals surface area contributed by atoms with E-state index in [1.165, 1.54) is 0 Å². The first kappa shape index (κ1) is 16.0. The van der Waals surface area contributed by atoms with Crippen LogP contribution in [0.2, 0.25) is 0 Å². The van der Waals surface area contributed by atoms with Crippen molar-refractivity contribution < 1.29 is 14.7 Å². The summed E-state index contributed by atoms with van der Waals surface area (Å²) in [6.07, 6.45) is 2.67. The molecule has 1 aromatic carbocycles. The van der Waals surface area contributed by atoms with Crippen molar-refractivity contribution in [1.82, 2.24) is 9.88 Å². The summed E-state index contributed by atoms with van der Waals surface area (Å²) in [4.78, 5) is 29.5. The average molecular weight is 325 g/mol. The lowest BCUT2D eigenvalue weighted by Crippen LogP contribution is -2.42. The molecule has 1 saturated heterocycles. The predicted octanol–water partition coefficient (Wildman–Crippen LogP) is 3.08. The van der Waals surface area contributed by atoms with Crippen LogP contribution in [0.5, 0.6) is 0 Å². The fourth-order valence-corrected chi connectivity index (χ4v) is 2.86. The molecule has 3 rings (SSSR count). The number of carboxylic acid groups (broad SMARTS) is 1. The maximum absolute atomic E-state index is 12.5. The number of urea groups is 1. The molecule has 2 aromatic rings. The van der Waals surface area contributed by atoms with Gasteiger partial charge in [0, 0.05) is 24.8 Å². The van der Waals surface area contributed by atoms with E-state index in [0.29, 0.717) is 37.3 Å². The van der Waals surface area contributed by atoms with Crippen molar-refractivity contribution in [2.24, 2.45) is 5.92 Å². The van der Waals surface area contributed by atoms with Crippen LogP contribution in [0.1, 0.15) is 12.8 Å². The van der Waals surface area contributed by atoms with Crippen LogP contribution in [0.3, 0.4) is 0 Å². The van der Waals surface area contributed by atoms with Crippen LogP contribution < -0.4 is 5.32 Å². The SMILES string of the molecule is O=C(O)C1CCN(C(=O)Nc2cccnc2-c2ccccc2)CC1. The van der Waals surface area contributed by atoms with E-state index >= 15 is 0 Å². The third-order valence-electron chi connectivity index (χ3n) is 4.23. The second-order valence-electron chi connectivity index (χ2n) is 5.80. The Balaban J connectivity index is 1.71. The van der Waals surface area contributed by atoms with E-state index in [1.807, 2.05) is 36.4 Å². The summed E-state index contributed by atoms with van der Waals surface area (Å²) >= 11 is 0. The van der Waals surface area contributed by atoms with Crippen molar-refractivity contribution in [3.63, 3.8) is 0 Å². The molecule has 0 spiro atoms. The minimum atomic E-state index is -0.784. The third kappa shape index (κ3) is 3.53. The van der Waals surface area contributed by atoms with Gasteiger partial charge in [0.1, 0.15) is 0 Å². The highest BCUT2D eigenvalue weighted by atomic mass is 16.4. The molecule has 2 amide bonds. The number of carboxylic acids is 1. The number of carbonyl (C=O) groups is 2. The van der Waals surface area contributed by atoms with Crippen molar-refractivity contribution in [2.45, 2.75) is 12.8 Å². The summed E-state index contributed by atoms with van der Waals surface area (Å²) in [6, 6.07) is 13.0. The summed E-state index contributed by atoms with van der Waals surface area (Å²) in [5, 5.41) is 11.9. The smallest absolute Gasteiger partial charge is 0.321 e. The zero-order chi connectivity index (χ0) is 16.9.